The highest BCUT2D eigenvalue weighted by Crippen LogP contribution is 2.42. The number of hydrogen-bond acceptors (Lipinski definition) is 6. The molecule has 0 radical (unpaired) electrons. The molecule has 2 aliphatic rings. The summed E-state index contributed by atoms with van der Waals surface area (Å²) in [7, 11) is 0. The summed E-state index contributed by atoms with van der Waals surface area (Å²) >= 11 is 0. The van der Waals surface area contributed by atoms with Crippen LogP contribution in [0.4, 0.5) is 28.6 Å². The quantitative estimate of drug-likeness (QED) is 0.354. The van der Waals surface area contributed by atoms with Crippen molar-refractivity contribution in [3.05, 3.63) is 77.2 Å². The SMILES string of the molecule is CC1(C)CN(CC2CCNC2)c2cc(NC(=O)c3cccnc3Nc3ccc(C[NH-])c(N)c3)ccc21. The van der Waals surface area contributed by atoms with Gasteiger partial charge in [-0.05, 0) is 73.0 Å². The number of fused-ring (bicyclic) bond motifs is 1. The molecule has 5 rings (SSSR count). The second kappa shape index (κ2) is 9.79. The van der Waals surface area contributed by atoms with Crippen LogP contribution in [0.5, 0.6) is 0 Å². The Balaban J connectivity index is 1.36. The summed E-state index contributed by atoms with van der Waals surface area (Å²) in [4.78, 5) is 20.2. The highest BCUT2D eigenvalue weighted by atomic mass is 16.1. The Hall–Kier alpha value is -3.62. The number of nitrogens with two attached hydrogens (primary N) is 1. The zero-order chi connectivity index (χ0) is 25.3. The van der Waals surface area contributed by atoms with Crippen molar-refractivity contribution >= 4 is 34.5 Å². The van der Waals surface area contributed by atoms with Gasteiger partial charge in [0.25, 0.3) is 5.91 Å². The third-order valence-electron chi connectivity index (χ3n) is 7.20. The summed E-state index contributed by atoms with van der Waals surface area (Å²) in [5.74, 6) is 0.869. The molecule has 0 aliphatic carbocycles. The molecule has 188 valence electrons. The summed E-state index contributed by atoms with van der Waals surface area (Å²) in [6.45, 7) is 8.86. The van der Waals surface area contributed by atoms with Gasteiger partial charge >= 0.3 is 0 Å². The first-order valence-electron chi connectivity index (χ1n) is 12.5. The number of carbonyl (C=O) groups is 1. The first-order chi connectivity index (χ1) is 17.3. The van der Waals surface area contributed by atoms with Crippen molar-refractivity contribution in [3.8, 4) is 0 Å². The Labute approximate surface area is 212 Å². The van der Waals surface area contributed by atoms with Crippen molar-refractivity contribution in [3.63, 3.8) is 0 Å². The standard InChI is InChI=1S/C28H34N7O/c1-28(2)17-35(16-18-9-11-31-15-18)25-13-21(7-8-23(25)28)34-27(36)22-4-3-10-32-26(22)33-20-6-5-19(14-29)24(30)12-20/h3-8,10,12-13,18,29,31H,9,11,14-17,30H2,1-2H3,(H,32,33)(H,34,36)/q-1. The largest absolute Gasteiger partial charge is 0.674 e. The maximum absolute atomic E-state index is 13.3. The van der Waals surface area contributed by atoms with Crippen LogP contribution in [0.3, 0.4) is 0 Å². The molecule has 3 heterocycles. The lowest BCUT2D eigenvalue weighted by atomic mass is 9.87. The molecule has 2 aromatic carbocycles. The minimum atomic E-state index is -0.231. The molecule has 1 fully saturated rings. The van der Waals surface area contributed by atoms with Gasteiger partial charge in [-0.15, -0.1) is 6.54 Å². The van der Waals surface area contributed by atoms with E-state index in [9.17, 15) is 4.79 Å². The van der Waals surface area contributed by atoms with Gasteiger partial charge in [-0.25, -0.2) is 4.98 Å². The molecule has 1 unspecified atom stereocenters. The fourth-order valence-corrected chi connectivity index (χ4v) is 5.29. The van der Waals surface area contributed by atoms with Crippen LogP contribution in [0.15, 0.2) is 54.7 Å². The van der Waals surface area contributed by atoms with E-state index in [0.29, 0.717) is 28.7 Å². The summed E-state index contributed by atoms with van der Waals surface area (Å²) < 4.78 is 0. The molecule has 8 nitrogen and oxygen atoms in total. The summed E-state index contributed by atoms with van der Waals surface area (Å²) in [5.41, 5.74) is 19.4. The number of amides is 1. The van der Waals surface area contributed by atoms with Crippen LogP contribution in [-0.4, -0.2) is 37.1 Å². The van der Waals surface area contributed by atoms with E-state index < -0.39 is 0 Å². The normalized spacial score (nSPS) is 18.2. The van der Waals surface area contributed by atoms with Gasteiger partial charge in [-0.3, -0.25) is 4.79 Å². The van der Waals surface area contributed by atoms with E-state index in [4.69, 9.17) is 11.5 Å². The zero-order valence-electron chi connectivity index (χ0n) is 20.9. The molecule has 36 heavy (non-hydrogen) atoms. The average molecular weight is 485 g/mol. The van der Waals surface area contributed by atoms with E-state index in [0.717, 1.165) is 37.4 Å². The second-order valence-electron chi connectivity index (χ2n) is 10.4. The van der Waals surface area contributed by atoms with E-state index in [1.54, 1.807) is 24.4 Å². The minimum absolute atomic E-state index is 0.0711. The van der Waals surface area contributed by atoms with Gasteiger partial charge in [0.05, 0.1) is 5.56 Å². The number of nitrogens with one attached hydrogen (secondary N) is 4. The van der Waals surface area contributed by atoms with Gasteiger partial charge in [0.2, 0.25) is 0 Å². The second-order valence-corrected chi connectivity index (χ2v) is 10.4. The number of nitrogen functional groups attached to an aromatic ring is 1. The summed E-state index contributed by atoms with van der Waals surface area (Å²) in [5, 5.41) is 9.75. The minimum Gasteiger partial charge on any atom is -0.674 e. The number of anilines is 5. The lowest BCUT2D eigenvalue weighted by Gasteiger charge is -2.25. The van der Waals surface area contributed by atoms with Crippen molar-refractivity contribution in [1.82, 2.24) is 10.3 Å². The van der Waals surface area contributed by atoms with E-state index in [1.807, 2.05) is 18.2 Å². The Morgan fingerprint density at radius 3 is 2.81 bits per heavy atom. The molecular weight excluding hydrogens is 450 g/mol. The number of carbonyl (C=O) groups excluding carboxylic acids is 1. The summed E-state index contributed by atoms with van der Waals surface area (Å²) in [6.07, 6.45) is 2.85. The van der Waals surface area contributed by atoms with E-state index in [2.05, 4.69) is 51.8 Å². The highest BCUT2D eigenvalue weighted by Gasteiger charge is 2.36. The molecule has 0 spiro atoms. The lowest BCUT2D eigenvalue weighted by Crippen LogP contribution is -2.33. The predicted molar refractivity (Wildman–Crippen MR) is 147 cm³/mol. The third-order valence-corrected chi connectivity index (χ3v) is 7.20. The highest BCUT2D eigenvalue weighted by molar-refractivity contribution is 6.08. The van der Waals surface area contributed by atoms with Gasteiger partial charge in [-0.2, -0.15) is 0 Å². The first-order valence-corrected chi connectivity index (χ1v) is 12.5. The molecule has 1 aromatic heterocycles. The van der Waals surface area contributed by atoms with Crippen LogP contribution >= 0.6 is 0 Å². The number of benzene rings is 2. The predicted octanol–water partition coefficient (Wildman–Crippen LogP) is 4.92. The molecule has 0 saturated carbocycles. The molecule has 3 aromatic rings. The average Bonchev–Trinajstić information content (AvgIpc) is 3.45. The van der Waals surface area contributed by atoms with Crippen molar-refractivity contribution in [2.24, 2.45) is 5.92 Å². The Kier molecular flexibility index (Phi) is 6.55. The number of rotatable bonds is 7. The van der Waals surface area contributed by atoms with Crippen molar-refractivity contribution in [2.75, 3.05) is 47.4 Å². The molecule has 1 saturated heterocycles. The number of nitrogens with zero attached hydrogens (tertiary/aromatic N) is 2. The molecular formula is C28H34N7O-. The van der Waals surface area contributed by atoms with Gasteiger partial charge in [0.15, 0.2) is 0 Å². The Morgan fingerprint density at radius 1 is 1.22 bits per heavy atom. The fourth-order valence-electron chi connectivity index (χ4n) is 5.29. The number of aromatic nitrogens is 1. The topological polar surface area (TPSA) is 119 Å². The fraction of sp³-hybridized carbons (Fsp3) is 0.357. The third kappa shape index (κ3) is 4.87. The smallest absolute Gasteiger partial charge is 0.259 e. The van der Waals surface area contributed by atoms with Gasteiger partial charge in [-0.1, -0.05) is 26.0 Å². The van der Waals surface area contributed by atoms with E-state index in [-0.39, 0.29) is 17.9 Å². The van der Waals surface area contributed by atoms with Crippen LogP contribution in [0.1, 0.15) is 41.8 Å². The van der Waals surface area contributed by atoms with Crippen molar-refractivity contribution in [2.45, 2.75) is 32.2 Å². The van der Waals surface area contributed by atoms with E-state index in [1.165, 1.54) is 17.7 Å². The first kappa shape index (κ1) is 24.1. The summed E-state index contributed by atoms with van der Waals surface area (Å²) in [6, 6.07) is 15.2. The monoisotopic (exact) mass is 484 g/mol. The van der Waals surface area contributed by atoms with Crippen LogP contribution in [0.2, 0.25) is 0 Å². The van der Waals surface area contributed by atoms with Gasteiger partial charge in [0, 0.05) is 47.5 Å². The van der Waals surface area contributed by atoms with Crippen LogP contribution in [-0.2, 0) is 12.0 Å². The Bertz CT molecular complexity index is 1270. The number of hydrogen-bond donors (Lipinski definition) is 4. The van der Waals surface area contributed by atoms with Gasteiger partial charge in [0.1, 0.15) is 5.82 Å². The molecule has 6 N–H and O–H groups in total. The van der Waals surface area contributed by atoms with Gasteiger partial charge < -0.3 is 32.3 Å². The molecule has 2 aliphatic heterocycles. The maximum Gasteiger partial charge on any atom is 0.259 e. The molecule has 0 bridgehead atoms. The zero-order valence-corrected chi connectivity index (χ0v) is 20.9. The molecule has 8 heteroatoms. The van der Waals surface area contributed by atoms with E-state index >= 15 is 0 Å². The lowest BCUT2D eigenvalue weighted by molar-refractivity contribution is 0.102. The van der Waals surface area contributed by atoms with Crippen LogP contribution in [0, 0.1) is 5.92 Å². The van der Waals surface area contributed by atoms with Crippen LogP contribution < -0.4 is 26.6 Å². The van der Waals surface area contributed by atoms with Crippen molar-refractivity contribution < 1.29 is 4.79 Å². The number of pyridine rings is 1. The maximum atomic E-state index is 13.3. The molecule has 1 atom stereocenters. The Morgan fingerprint density at radius 2 is 2.06 bits per heavy atom. The van der Waals surface area contributed by atoms with Crippen molar-refractivity contribution in [1.29, 1.82) is 0 Å². The van der Waals surface area contributed by atoms with Crippen LogP contribution in [0.25, 0.3) is 5.73 Å². The molecule has 1 amide bonds.